The number of nitrogens with zero attached hydrogens (tertiary/aromatic N) is 3. The minimum atomic E-state index is -0.274. The Labute approximate surface area is 178 Å². The van der Waals surface area contributed by atoms with Gasteiger partial charge in [-0.1, -0.05) is 0 Å². The van der Waals surface area contributed by atoms with Gasteiger partial charge in [0.15, 0.2) is 0 Å². The van der Waals surface area contributed by atoms with E-state index in [1.165, 1.54) is 0 Å². The van der Waals surface area contributed by atoms with E-state index < -0.39 is 0 Å². The van der Waals surface area contributed by atoms with Gasteiger partial charge in [-0.2, -0.15) is 0 Å². The van der Waals surface area contributed by atoms with Gasteiger partial charge in [-0.25, -0.2) is 0 Å². The molecule has 4 atom stereocenters. The van der Waals surface area contributed by atoms with Gasteiger partial charge in [-0.05, 0) is 62.7 Å². The molecule has 4 aliphatic rings. The molecule has 1 N–H and O–H groups in total. The summed E-state index contributed by atoms with van der Waals surface area (Å²) in [6, 6.07) is 4.18. The zero-order chi connectivity index (χ0) is 20.5. The number of aliphatic hydroxyl groups is 1. The summed E-state index contributed by atoms with van der Waals surface area (Å²) in [4.78, 5) is 20.1. The zero-order valence-corrected chi connectivity index (χ0v) is 17.8. The summed E-state index contributed by atoms with van der Waals surface area (Å²) < 4.78 is 10.9. The molecule has 5 rings (SSSR count). The average Bonchev–Trinajstić information content (AvgIpc) is 3.43. The van der Waals surface area contributed by atoms with Crippen molar-refractivity contribution in [1.29, 1.82) is 0 Å². The minimum absolute atomic E-state index is 0.151. The maximum Gasteiger partial charge on any atom is 0.225 e. The van der Waals surface area contributed by atoms with Crippen molar-refractivity contribution in [2.24, 2.45) is 17.8 Å². The van der Waals surface area contributed by atoms with Crippen LogP contribution in [-0.2, 0) is 16.1 Å². The number of likely N-dealkylation sites (tertiary alicyclic amines) is 2. The first kappa shape index (κ1) is 20.5. The van der Waals surface area contributed by atoms with E-state index in [4.69, 9.17) is 9.15 Å². The molecule has 7 nitrogen and oxygen atoms in total. The smallest absolute Gasteiger partial charge is 0.225 e. The van der Waals surface area contributed by atoms with Crippen molar-refractivity contribution in [1.82, 2.24) is 14.7 Å². The molecule has 4 heterocycles. The first-order valence-electron chi connectivity index (χ1n) is 11.7. The Morgan fingerprint density at radius 1 is 1.07 bits per heavy atom. The maximum atomic E-state index is 13.2. The average molecular weight is 418 g/mol. The van der Waals surface area contributed by atoms with Gasteiger partial charge in [-0.15, -0.1) is 0 Å². The number of rotatable bonds is 4. The highest BCUT2D eigenvalue weighted by molar-refractivity contribution is 5.79. The van der Waals surface area contributed by atoms with E-state index in [1.54, 1.807) is 6.26 Å². The van der Waals surface area contributed by atoms with E-state index in [1.807, 2.05) is 12.1 Å². The fourth-order valence-electron chi connectivity index (χ4n) is 6.11. The maximum absolute atomic E-state index is 13.2. The van der Waals surface area contributed by atoms with E-state index >= 15 is 0 Å². The Hall–Kier alpha value is -1.41. The SMILES string of the molecule is O=C(C1CCN(Cc2ccco2)CC1)N1C[C@H]2C[C@@H](N3CCOCC3)[C@H](O)C[C@H]2C1. The Morgan fingerprint density at radius 3 is 2.50 bits per heavy atom. The number of carbonyl (C=O) groups is 1. The minimum Gasteiger partial charge on any atom is -0.468 e. The molecule has 1 aromatic rings. The highest BCUT2D eigenvalue weighted by Gasteiger charge is 2.45. The molecule has 166 valence electrons. The van der Waals surface area contributed by atoms with Crippen LogP contribution in [0.5, 0.6) is 0 Å². The number of piperidine rings is 1. The van der Waals surface area contributed by atoms with Crippen molar-refractivity contribution in [3.05, 3.63) is 24.2 Å². The van der Waals surface area contributed by atoms with Crippen LogP contribution in [0.4, 0.5) is 0 Å². The molecule has 4 fully saturated rings. The molecule has 7 heteroatoms. The lowest BCUT2D eigenvalue weighted by molar-refractivity contribution is -0.136. The van der Waals surface area contributed by atoms with Crippen LogP contribution in [0, 0.1) is 17.8 Å². The largest absolute Gasteiger partial charge is 0.468 e. The second kappa shape index (κ2) is 8.99. The predicted octanol–water partition coefficient (Wildman–Crippen LogP) is 1.42. The highest BCUT2D eigenvalue weighted by atomic mass is 16.5. The molecule has 3 aliphatic heterocycles. The van der Waals surface area contributed by atoms with Crippen molar-refractivity contribution in [2.45, 2.75) is 44.4 Å². The molecule has 0 aromatic carbocycles. The summed E-state index contributed by atoms with van der Waals surface area (Å²) in [6.07, 6.45) is 5.16. The Balaban J connectivity index is 1.13. The topological polar surface area (TPSA) is 69.4 Å². The molecule has 0 bridgehead atoms. The van der Waals surface area contributed by atoms with Crippen LogP contribution in [0.3, 0.4) is 0 Å². The molecule has 1 aromatic heterocycles. The van der Waals surface area contributed by atoms with Gasteiger partial charge in [0, 0.05) is 38.1 Å². The molecule has 30 heavy (non-hydrogen) atoms. The van der Waals surface area contributed by atoms with Gasteiger partial charge in [0.05, 0.1) is 32.1 Å². The van der Waals surface area contributed by atoms with Crippen LogP contribution in [-0.4, -0.2) is 90.3 Å². The quantitative estimate of drug-likeness (QED) is 0.799. The monoisotopic (exact) mass is 417 g/mol. The lowest BCUT2D eigenvalue weighted by Gasteiger charge is -2.43. The third-order valence-electron chi connectivity index (χ3n) is 7.83. The second-order valence-corrected chi connectivity index (χ2v) is 9.65. The number of aliphatic hydroxyl groups excluding tert-OH is 1. The molecule has 3 saturated heterocycles. The number of carbonyl (C=O) groups excluding carboxylic acids is 1. The number of amides is 1. The van der Waals surface area contributed by atoms with E-state index in [0.717, 1.165) is 90.5 Å². The van der Waals surface area contributed by atoms with E-state index in [9.17, 15) is 9.90 Å². The third kappa shape index (κ3) is 4.31. The molecule has 1 amide bonds. The Morgan fingerprint density at radius 2 is 1.80 bits per heavy atom. The lowest BCUT2D eigenvalue weighted by Crippen LogP contribution is -2.53. The molecule has 0 unspecified atom stereocenters. The molecule has 1 saturated carbocycles. The predicted molar refractivity (Wildman–Crippen MR) is 112 cm³/mol. The van der Waals surface area contributed by atoms with Crippen LogP contribution in [0.2, 0.25) is 0 Å². The lowest BCUT2D eigenvalue weighted by atomic mass is 9.77. The molecule has 1 aliphatic carbocycles. The number of hydrogen-bond donors (Lipinski definition) is 1. The standard InChI is InChI=1S/C23H35N3O4/c27-22-13-19-15-26(14-18(19)12-21(22)25-7-10-29-11-8-25)23(28)17-3-5-24(6-4-17)16-20-2-1-9-30-20/h1-2,9,17-19,21-22,27H,3-8,10-16H2/t18-,19+,21-,22-/m1/s1. The highest BCUT2D eigenvalue weighted by Crippen LogP contribution is 2.39. The van der Waals surface area contributed by atoms with Crippen LogP contribution < -0.4 is 0 Å². The van der Waals surface area contributed by atoms with Gasteiger partial charge in [0.25, 0.3) is 0 Å². The van der Waals surface area contributed by atoms with E-state index in [2.05, 4.69) is 14.7 Å². The normalized spacial score (nSPS) is 34.2. The Bertz CT molecular complexity index is 697. The van der Waals surface area contributed by atoms with Gasteiger partial charge in [-0.3, -0.25) is 14.6 Å². The van der Waals surface area contributed by atoms with E-state index in [-0.39, 0.29) is 18.1 Å². The first-order chi connectivity index (χ1) is 14.7. The van der Waals surface area contributed by atoms with Crippen molar-refractivity contribution in [2.75, 3.05) is 52.5 Å². The molecular formula is C23H35N3O4. The second-order valence-electron chi connectivity index (χ2n) is 9.65. The summed E-state index contributed by atoms with van der Waals surface area (Å²) in [6.45, 7) is 7.82. The van der Waals surface area contributed by atoms with Gasteiger partial charge < -0.3 is 19.2 Å². The van der Waals surface area contributed by atoms with Crippen molar-refractivity contribution in [3.8, 4) is 0 Å². The van der Waals surface area contributed by atoms with Crippen LogP contribution in [0.25, 0.3) is 0 Å². The van der Waals surface area contributed by atoms with Crippen molar-refractivity contribution >= 4 is 5.91 Å². The molecule has 0 spiro atoms. The fraction of sp³-hybridized carbons (Fsp3) is 0.783. The fourth-order valence-corrected chi connectivity index (χ4v) is 6.11. The number of ether oxygens (including phenoxy) is 1. The first-order valence-corrected chi connectivity index (χ1v) is 11.7. The van der Waals surface area contributed by atoms with Crippen molar-refractivity contribution in [3.63, 3.8) is 0 Å². The van der Waals surface area contributed by atoms with Gasteiger partial charge >= 0.3 is 0 Å². The number of hydrogen-bond acceptors (Lipinski definition) is 6. The molecular weight excluding hydrogens is 382 g/mol. The van der Waals surface area contributed by atoms with Crippen LogP contribution in [0.1, 0.15) is 31.4 Å². The van der Waals surface area contributed by atoms with E-state index in [0.29, 0.717) is 17.7 Å². The summed E-state index contributed by atoms with van der Waals surface area (Å²) in [7, 11) is 0. The number of furan rings is 1. The third-order valence-corrected chi connectivity index (χ3v) is 7.83. The van der Waals surface area contributed by atoms with Gasteiger partial charge in [0.2, 0.25) is 5.91 Å². The van der Waals surface area contributed by atoms with Gasteiger partial charge in [0.1, 0.15) is 5.76 Å². The van der Waals surface area contributed by atoms with Crippen LogP contribution in [0.15, 0.2) is 22.8 Å². The summed E-state index contributed by atoms with van der Waals surface area (Å²) in [5, 5.41) is 10.8. The molecule has 0 radical (unpaired) electrons. The number of fused-ring (bicyclic) bond motifs is 1. The summed E-state index contributed by atoms with van der Waals surface area (Å²) in [5.74, 6) is 2.48. The summed E-state index contributed by atoms with van der Waals surface area (Å²) in [5.41, 5.74) is 0. The van der Waals surface area contributed by atoms with Crippen LogP contribution >= 0.6 is 0 Å². The zero-order valence-electron chi connectivity index (χ0n) is 17.8. The van der Waals surface area contributed by atoms with Crippen molar-refractivity contribution < 1.29 is 19.1 Å². The Kier molecular flexibility index (Phi) is 6.14. The number of morpholine rings is 1. The summed E-state index contributed by atoms with van der Waals surface area (Å²) >= 11 is 0.